The fourth-order valence-corrected chi connectivity index (χ4v) is 9.24. The molecular weight excluding hydrogens is 960 g/mol. The highest BCUT2D eigenvalue weighted by Gasteiger charge is 2.42. The van der Waals surface area contributed by atoms with Crippen LogP contribution in [0.15, 0.2) is 127 Å². The Kier molecular flexibility index (Phi) is 22.6. The number of ether oxygens (including phenoxy) is 7. The van der Waals surface area contributed by atoms with Gasteiger partial charge in [-0.15, -0.1) is 0 Å². The summed E-state index contributed by atoms with van der Waals surface area (Å²) >= 11 is 6.84. The zero-order chi connectivity index (χ0) is 52.8. The average molecular weight is 1030 g/mol. The van der Waals surface area contributed by atoms with E-state index in [9.17, 15) is 24.0 Å². The minimum Gasteiger partial charge on any atom is -0.465 e. The molecule has 1 aliphatic carbocycles. The number of benzene rings is 5. The molecule has 394 valence electrons. The predicted octanol–water partition coefficient (Wildman–Crippen LogP) is 11.5. The van der Waals surface area contributed by atoms with E-state index in [2.05, 4.69) is 24.3 Å². The molecule has 74 heavy (non-hydrogen) atoms. The first-order valence-electron chi connectivity index (χ1n) is 25.8. The number of ketones is 2. The van der Waals surface area contributed by atoms with Gasteiger partial charge in [-0.3, -0.25) is 24.0 Å². The van der Waals surface area contributed by atoms with E-state index in [0.29, 0.717) is 93.6 Å². The lowest BCUT2D eigenvalue weighted by atomic mass is 9.79. The smallest absolute Gasteiger partial charge is 0.309 e. The Balaban J connectivity index is 0.816. The van der Waals surface area contributed by atoms with Crippen LogP contribution in [0.4, 0.5) is 0 Å². The van der Waals surface area contributed by atoms with E-state index in [1.165, 1.54) is 22.3 Å². The molecule has 0 spiro atoms. The maximum atomic E-state index is 14.0. The number of Topliss-reactive ketones (excluding diaryl/α,β-unsaturated/α-hetero) is 2. The number of unbranched alkanes of at least 4 members (excludes halogenated alkanes) is 2. The van der Waals surface area contributed by atoms with Crippen molar-refractivity contribution in [3.05, 3.63) is 166 Å². The molecular formula is C61H71ClO12. The number of hydrogen-bond acceptors (Lipinski definition) is 12. The molecule has 5 aromatic rings. The van der Waals surface area contributed by atoms with Crippen molar-refractivity contribution in [1.29, 1.82) is 0 Å². The van der Waals surface area contributed by atoms with Crippen molar-refractivity contribution in [3.8, 4) is 11.1 Å². The molecule has 0 amide bonds. The number of carbonyl (C=O) groups excluding carboxylic acids is 5. The lowest BCUT2D eigenvalue weighted by Gasteiger charge is -2.36. The molecule has 0 bridgehead atoms. The summed E-state index contributed by atoms with van der Waals surface area (Å²) in [5.41, 5.74) is 5.51. The molecule has 1 aliphatic rings. The number of fused-ring (bicyclic) bond motifs is 3. The van der Waals surface area contributed by atoms with Crippen molar-refractivity contribution in [3.63, 3.8) is 0 Å². The van der Waals surface area contributed by atoms with Gasteiger partial charge in [-0.05, 0) is 88.1 Å². The summed E-state index contributed by atoms with van der Waals surface area (Å²) in [6.07, 6.45) is 2.83. The molecule has 0 aliphatic heterocycles. The molecule has 0 saturated heterocycles. The van der Waals surface area contributed by atoms with Gasteiger partial charge in [0, 0.05) is 66.5 Å². The van der Waals surface area contributed by atoms with Crippen LogP contribution < -0.4 is 0 Å². The summed E-state index contributed by atoms with van der Waals surface area (Å²) in [6, 6.07) is 40.8. The molecule has 2 unspecified atom stereocenters. The van der Waals surface area contributed by atoms with Crippen molar-refractivity contribution in [1.82, 2.24) is 0 Å². The summed E-state index contributed by atoms with van der Waals surface area (Å²) in [7, 11) is 0. The van der Waals surface area contributed by atoms with Gasteiger partial charge in [0.2, 0.25) is 0 Å². The van der Waals surface area contributed by atoms with Crippen LogP contribution in [-0.4, -0.2) is 94.5 Å². The Bertz CT molecular complexity index is 2540. The lowest BCUT2D eigenvalue weighted by Crippen LogP contribution is -2.36. The number of rotatable bonds is 32. The summed E-state index contributed by atoms with van der Waals surface area (Å²) in [4.78, 5) is 65.8. The molecule has 13 heteroatoms. The van der Waals surface area contributed by atoms with E-state index >= 15 is 0 Å². The monoisotopic (exact) mass is 1030 g/mol. The van der Waals surface area contributed by atoms with Gasteiger partial charge in [0.1, 0.15) is 25.4 Å². The van der Waals surface area contributed by atoms with Gasteiger partial charge < -0.3 is 33.2 Å². The topological polar surface area (TPSA) is 150 Å². The maximum Gasteiger partial charge on any atom is 0.309 e. The highest BCUT2D eigenvalue weighted by Crippen LogP contribution is 2.45. The van der Waals surface area contributed by atoms with Crippen molar-refractivity contribution < 1.29 is 57.1 Å². The second kappa shape index (κ2) is 29.2. The van der Waals surface area contributed by atoms with E-state index < -0.39 is 34.8 Å². The molecule has 2 atom stereocenters. The number of hydrogen-bond donors (Lipinski definition) is 0. The fourth-order valence-electron chi connectivity index (χ4n) is 8.97. The fraction of sp³-hybridized carbons (Fsp3) is 0.426. The third kappa shape index (κ3) is 17.3. The summed E-state index contributed by atoms with van der Waals surface area (Å²) in [5.74, 6) is -2.89. The number of aryl methyl sites for hydroxylation is 1. The van der Waals surface area contributed by atoms with E-state index in [0.717, 1.165) is 12.0 Å². The average Bonchev–Trinajstić information content (AvgIpc) is 3.70. The van der Waals surface area contributed by atoms with Crippen LogP contribution in [-0.2, 0) is 62.7 Å². The minimum atomic E-state index is -1.43. The molecule has 6 rings (SSSR count). The van der Waals surface area contributed by atoms with Gasteiger partial charge in [0.25, 0.3) is 0 Å². The zero-order valence-corrected chi connectivity index (χ0v) is 44.0. The highest BCUT2D eigenvalue weighted by atomic mass is 35.5. The summed E-state index contributed by atoms with van der Waals surface area (Å²) in [5, 5.41) is 0.404. The number of esters is 3. The van der Waals surface area contributed by atoms with Crippen LogP contribution >= 0.6 is 11.6 Å². The first kappa shape index (κ1) is 57.3. The van der Waals surface area contributed by atoms with Crippen LogP contribution in [0.25, 0.3) is 11.1 Å². The van der Waals surface area contributed by atoms with E-state index in [1.54, 1.807) is 32.9 Å². The molecule has 12 nitrogen and oxygen atoms in total. The Morgan fingerprint density at radius 2 is 1.08 bits per heavy atom. The molecule has 0 fully saturated rings. The Morgan fingerprint density at radius 3 is 1.70 bits per heavy atom. The van der Waals surface area contributed by atoms with Gasteiger partial charge in [0.05, 0.1) is 32.3 Å². The number of carbonyl (C=O) groups is 5. The zero-order valence-electron chi connectivity index (χ0n) is 43.3. The second-order valence-corrected chi connectivity index (χ2v) is 20.0. The van der Waals surface area contributed by atoms with Crippen molar-refractivity contribution in [2.45, 2.75) is 103 Å². The van der Waals surface area contributed by atoms with Crippen LogP contribution in [0.2, 0.25) is 5.02 Å². The maximum absolute atomic E-state index is 14.0. The first-order valence-corrected chi connectivity index (χ1v) is 26.1. The van der Waals surface area contributed by atoms with Gasteiger partial charge in [0.15, 0.2) is 17.2 Å². The summed E-state index contributed by atoms with van der Waals surface area (Å²) < 4.78 is 40.3. The quantitative estimate of drug-likeness (QED) is 0.0175. The molecule has 0 saturated carbocycles. The Labute approximate surface area is 441 Å². The number of halogens is 1. The van der Waals surface area contributed by atoms with Crippen LogP contribution in [0.1, 0.15) is 118 Å². The lowest BCUT2D eigenvalue weighted by molar-refractivity contribution is -0.162. The standard InChI is InChI=1S/C61H71ClO12/c1-44-28-31-47(32-29-44)61(46-18-6-5-7-19-46,55-25-12-13-26-56(55)62)73-58(66)33-30-45(59(67)74-60(2,3)4)40-49(64)42-71-41-48(63)20-14-16-34-68-36-38-70-39-37-69-35-17-15-27-57(65)72-43-54-52-23-10-8-21-50(52)51-22-9-11-24-53(51)54/h5-13,18-19,21-26,28-29,31-32,45,54H,14-17,20,27,30,33-43H2,1-4H3. The SMILES string of the molecule is Cc1ccc(C(OC(=O)CCC(CC(=O)COCC(=O)CCCCOCCOCCOCCCCC(=O)OCC2c3ccccc3-c3ccccc32)C(=O)OC(C)(C)C)(c2ccccc2)c2ccccc2Cl)cc1. The second-order valence-electron chi connectivity index (χ2n) is 19.6. The third-order valence-corrected chi connectivity index (χ3v) is 13.0. The van der Waals surface area contributed by atoms with E-state index in [4.69, 9.17) is 44.8 Å². The van der Waals surface area contributed by atoms with Crippen molar-refractivity contribution in [2.24, 2.45) is 5.92 Å². The van der Waals surface area contributed by atoms with E-state index in [1.807, 2.05) is 97.9 Å². The van der Waals surface area contributed by atoms with Crippen LogP contribution in [0.5, 0.6) is 0 Å². The van der Waals surface area contributed by atoms with Crippen molar-refractivity contribution in [2.75, 3.05) is 59.5 Å². The van der Waals surface area contributed by atoms with Crippen molar-refractivity contribution >= 4 is 41.1 Å². The van der Waals surface area contributed by atoms with Crippen LogP contribution in [0, 0.1) is 12.8 Å². The van der Waals surface area contributed by atoms with E-state index in [-0.39, 0.29) is 56.6 Å². The Morgan fingerprint density at radius 1 is 0.541 bits per heavy atom. The van der Waals surface area contributed by atoms with Gasteiger partial charge in [-0.25, -0.2) is 0 Å². The highest BCUT2D eigenvalue weighted by molar-refractivity contribution is 6.31. The minimum absolute atomic E-state index is 0.0289. The van der Waals surface area contributed by atoms with Gasteiger partial charge in [-0.2, -0.15) is 0 Å². The van der Waals surface area contributed by atoms with Crippen LogP contribution in [0.3, 0.4) is 0 Å². The molecule has 0 aromatic heterocycles. The third-order valence-electron chi connectivity index (χ3n) is 12.6. The summed E-state index contributed by atoms with van der Waals surface area (Å²) in [6.45, 7) is 9.58. The molecule has 0 radical (unpaired) electrons. The normalized spacial score (nSPS) is 13.3. The molecule has 0 N–H and O–H groups in total. The molecule has 5 aromatic carbocycles. The predicted molar refractivity (Wildman–Crippen MR) is 284 cm³/mol. The first-order chi connectivity index (χ1) is 35.7. The van der Waals surface area contributed by atoms with Gasteiger partial charge >= 0.3 is 17.9 Å². The van der Waals surface area contributed by atoms with Gasteiger partial charge in [-0.1, -0.05) is 138 Å². The Hall–Kier alpha value is -6.02. The largest absolute Gasteiger partial charge is 0.465 e. The molecule has 0 heterocycles.